The fourth-order valence-corrected chi connectivity index (χ4v) is 8.43. The third-order valence-electron chi connectivity index (χ3n) is 11.5. The van der Waals surface area contributed by atoms with E-state index < -0.39 is 0 Å². The van der Waals surface area contributed by atoms with Crippen molar-refractivity contribution in [3.63, 3.8) is 0 Å². The van der Waals surface area contributed by atoms with Gasteiger partial charge in [-0.25, -0.2) is 0 Å². The molecule has 0 amide bonds. The third-order valence-corrected chi connectivity index (χ3v) is 11.5. The second-order valence-corrected chi connectivity index (χ2v) is 15.8. The Hall–Kier alpha value is -7.82. The topological polar surface area (TPSA) is 52.6 Å². The van der Waals surface area contributed by atoms with E-state index in [2.05, 4.69) is 143 Å². The molecule has 0 bridgehead atoms. The first-order valence-electron chi connectivity index (χ1n) is 21.0. The molecule has 9 aromatic carbocycles. The van der Waals surface area contributed by atoms with Gasteiger partial charge >= 0.3 is 0 Å². The Kier molecular flexibility index (Phi) is 10.1. The molecule has 0 radical (unpaired) electrons. The molecule has 0 N–H and O–H groups in total. The van der Waals surface area contributed by atoms with Crippen LogP contribution >= 0.6 is 0 Å². The summed E-state index contributed by atoms with van der Waals surface area (Å²) in [5.41, 5.74) is 15.1. The van der Waals surface area contributed by atoms with Crippen molar-refractivity contribution in [1.82, 2.24) is 0 Å². The first kappa shape index (κ1) is 38.4. The van der Waals surface area contributed by atoms with Crippen LogP contribution in [0.25, 0.3) is 98.9 Å². The van der Waals surface area contributed by atoms with Gasteiger partial charge in [0.2, 0.25) is 0 Å². The monoisotopic (exact) mass is 804 g/mol. The van der Waals surface area contributed by atoms with Gasteiger partial charge in [0.1, 0.15) is 44.7 Å². The Labute approximate surface area is 359 Å². The van der Waals surface area contributed by atoms with Crippen molar-refractivity contribution < 1.29 is 17.7 Å². The maximum atomic E-state index is 6.17. The minimum atomic E-state index is 0.966. The van der Waals surface area contributed by atoms with Gasteiger partial charge in [0.15, 0.2) is 0 Å². The number of furan rings is 4. The van der Waals surface area contributed by atoms with Crippen LogP contribution in [0.2, 0.25) is 0 Å². The van der Waals surface area contributed by atoms with Crippen molar-refractivity contribution in [2.75, 3.05) is 0 Å². The lowest BCUT2D eigenvalue weighted by molar-refractivity contribution is 0.666. The quantitative estimate of drug-likeness (QED) is 0.166. The van der Waals surface area contributed by atoms with Crippen LogP contribution in [-0.2, 0) is 0 Å². The maximum Gasteiger partial charge on any atom is 0.143 e. The zero-order valence-corrected chi connectivity index (χ0v) is 35.1. The lowest BCUT2D eigenvalue weighted by Crippen LogP contribution is -1.77. The van der Waals surface area contributed by atoms with Crippen molar-refractivity contribution in [1.29, 1.82) is 0 Å². The summed E-state index contributed by atoms with van der Waals surface area (Å²) in [5.74, 6) is 0. The van der Waals surface area contributed by atoms with Crippen LogP contribution in [0.1, 0.15) is 22.3 Å². The molecule has 0 aliphatic carbocycles. The maximum absolute atomic E-state index is 6.17. The second kappa shape index (κ2) is 16.3. The summed E-state index contributed by atoms with van der Waals surface area (Å²) in [6.07, 6.45) is 0. The van der Waals surface area contributed by atoms with E-state index in [1.54, 1.807) is 0 Å². The van der Waals surface area contributed by atoms with Crippen molar-refractivity contribution in [2.24, 2.45) is 0 Å². The summed E-state index contributed by atoms with van der Waals surface area (Å²) in [7, 11) is 0. The van der Waals surface area contributed by atoms with Gasteiger partial charge < -0.3 is 17.7 Å². The predicted octanol–water partition coefficient (Wildman–Crippen LogP) is 17.2. The molecule has 0 aliphatic heterocycles. The summed E-state index contributed by atoms with van der Waals surface area (Å²) in [4.78, 5) is 0. The molecule has 300 valence electrons. The predicted molar refractivity (Wildman–Crippen MR) is 259 cm³/mol. The van der Waals surface area contributed by atoms with Crippen LogP contribution in [0, 0.1) is 27.7 Å². The Bertz CT molecular complexity index is 3680. The average Bonchev–Trinajstić information content (AvgIpc) is 4.08. The molecular weight excluding hydrogens is 761 g/mol. The molecule has 4 heteroatoms. The first-order chi connectivity index (χ1) is 30.4. The Morgan fingerprint density at radius 3 is 1.52 bits per heavy atom. The van der Waals surface area contributed by atoms with Gasteiger partial charge in [0.05, 0.1) is 0 Å². The first-order valence-corrected chi connectivity index (χ1v) is 21.0. The number of benzene rings is 9. The number of fused-ring (bicyclic) bond motifs is 12. The normalized spacial score (nSPS) is 11.2. The van der Waals surface area contributed by atoms with Crippen LogP contribution < -0.4 is 0 Å². The molecule has 0 aliphatic rings. The smallest absolute Gasteiger partial charge is 0.143 e. The molecule has 0 fully saturated rings. The SMILES string of the molecule is Cc1ccc2c(c1)oc1ccccc12.Cc1ccc2oc3ccccc3c2c1.Cc1cccc2c1oc1c(-c3ccccc3)cccc12.Cc1cccc2oc3ccccc3c12. The summed E-state index contributed by atoms with van der Waals surface area (Å²) in [6.45, 7) is 8.38. The molecule has 4 nitrogen and oxygen atoms in total. The highest BCUT2D eigenvalue weighted by Gasteiger charge is 2.13. The molecule has 0 unspecified atom stereocenters. The van der Waals surface area contributed by atoms with E-state index in [1.807, 2.05) is 78.9 Å². The summed E-state index contributed by atoms with van der Waals surface area (Å²) in [5, 5.41) is 9.63. The Balaban J connectivity index is 0.0000000999. The molecule has 13 rings (SSSR count). The fraction of sp³-hybridized carbons (Fsp3) is 0.0690. The van der Waals surface area contributed by atoms with Crippen LogP contribution in [0.15, 0.2) is 212 Å². The van der Waals surface area contributed by atoms with Crippen LogP contribution in [0.4, 0.5) is 0 Å². The van der Waals surface area contributed by atoms with E-state index in [0.717, 1.165) is 50.2 Å². The number of para-hydroxylation sites is 5. The summed E-state index contributed by atoms with van der Waals surface area (Å²) < 4.78 is 23.3. The Morgan fingerprint density at radius 2 is 0.758 bits per heavy atom. The zero-order valence-electron chi connectivity index (χ0n) is 35.1. The van der Waals surface area contributed by atoms with E-state index in [1.165, 1.54) is 70.9 Å². The molecule has 4 aromatic heterocycles. The van der Waals surface area contributed by atoms with E-state index in [-0.39, 0.29) is 0 Å². The van der Waals surface area contributed by atoms with Crippen molar-refractivity contribution in [3.05, 3.63) is 216 Å². The van der Waals surface area contributed by atoms with E-state index in [0.29, 0.717) is 0 Å². The highest BCUT2D eigenvalue weighted by molar-refractivity contribution is 6.10. The van der Waals surface area contributed by atoms with Gasteiger partial charge in [-0.15, -0.1) is 0 Å². The minimum Gasteiger partial charge on any atom is -0.456 e. The van der Waals surface area contributed by atoms with Crippen molar-refractivity contribution >= 4 is 87.8 Å². The van der Waals surface area contributed by atoms with Crippen LogP contribution in [0.5, 0.6) is 0 Å². The fourth-order valence-electron chi connectivity index (χ4n) is 8.43. The molecular formula is C58H44O4. The van der Waals surface area contributed by atoms with Gasteiger partial charge in [-0.1, -0.05) is 157 Å². The van der Waals surface area contributed by atoms with E-state index in [9.17, 15) is 0 Å². The summed E-state index contributed by atoms with van der Waals surface area (Å²) in [6, 6.07) is 66.2. The van der Waals surface area contributed by atoms with E-state index >= 15 is 0 Å². The summed E-state index contributed by atoms with van der Waals surface area (Å²) >= 11 is 0. The molecule has 0 atom stereocenters. The standard InChI is InChI=1S/C19H14O.3C13H10O/c1-13-7-5-11-16-17-12-6-10-15(19(17)20-18(13)16)14-8-3-2-4-9-14;1-9-5-4-8-12-13(9)10-6-2-3-7-11(10)14-12;1-9-6-7-13-11(8-9)10-4-2-3-5-12(10)14-13;1-9-6-7-11-10-4-2-3-5-12(10)14-13(11)8-9/h2-12H,1H3;3*2-8H,1H3. The van der Waals surface area contributed by atoms with Gasteiger partial charge in [0, 0.05) is 48.7 Å². The average molecular weight is 805 g/mol. The number of hydrogen-bond donors (Lipinski definition) is 0. The van der Waals surface area contributed by atoms with Crippen LogP contribution in [-0.4, -0.2) is 0 Å². The van der Waals surface area contributed by atoms with Gasteiger partial charge in [-0.2, -0.15) is 0 Å². The lowest BCUT2D eigenvalue weighted by Gasteiger charge is -2.01. The molecule has 13 aromatic rings. The zero-order chi connectivity index (χ0) is 42.2. The van der Waals surface area contributed by atoms with Crippen LogP contribution in [0.3, 0.4) is 0 Å². The number of rotatable bonds is 1. The molecule has 0 spiro atoms. The minimum absolute atomic E-state index is 0.966. The van der Waals surface area contributed by atoms with Gasteiger partial charge in [-0.3, -0.25) is 0 Å². The highest BCUT2D eigenvalue weighted by Crippen LogP contribution is 2.37. The Morgan fingerprint density at radius 1 is 0.274 bits per heavy atom. The lowest BCUT2D eigenvalue weighted by atomic mass is 10.0. The van der Waals surface area contributed by atoms with Crippen molar-refractivity contribution in [2.45, 2.75) is 27.7 Å². The molecule has 0 saturated carbocycles. The third kappa shape index (κ3) is 7.26. The second-order valence-electron chi connectivity index (χ2n) is 15.8. The van der Waals surface area contributed by atoms with E-state index in [4.69, 9.17) is 17.7 Å². The van der Waals surface area contributed by atoms with Gasteiger partial charge in [0.25, 0.3) is 0 Å². The molecule has 62 heavy (non-hydrogen) atoms. The largest absolute Gasteiger partial charge is 0.456 e. The number of hydrogen-bond acceptors (Lipinski definition) is 4. The molecule has 0 saturated heterocycles. The molecule has 4 heterocycles. The van der Waals surface area contributed by atoms with Crippen molar-refractivity contribution in [3.8, 4) is 11.1 Å². The number of aryl methyl sites for hydroxylation is 4. The highest BCUT2D eigenvalue weighted by atomic mass is 16.3. The van der Waals surface area contributed by atoms with Gasteiger partial charge in [-0.05, 0) is 92.4 Å².